The SMILES string of the molecule is COc1ccccc1C(C)(O)c1cnn(C)c1. The van der Waals surface area contributed by atoms with Crippen molar-refractivity contribution >= 4 is 0 Å². The first-order chi connectivity index (χ1) is 8.05. The highest BCUT2D eigenvalue weighted by Gasteiger charge is 2.29. The number of aromatic nitrogens is 2. The van der Waals surface area contributed by atoms with Gasteiger partial charge in [0.1, 0.15) is 11.4 Å². The molecule has 4 nitrogen and oxygen atoms in total. The molecule has 2 aromatic rings. The van der Waals surface area contributed by atoms with Gasteiger partial charge in [-0.15, -0.1) is 0 Å². The molecule has 0 fully saturated rings. The van der Waals surface area contributed by atoms with E-state index < -0.39 is 5.60 Å². The average Bonchev–Trinajstić information content (AvgIpc) is 2.76. The van der Waals surface area contributed by atoms with E-state index in [0.29, 0.717) is 5.75 Å². The molecule has 1 aromatic heterocycles. The molecule has 1 heterocycles. The lowest BCUT2D eigenvalue weighted by Gasteiger charge is -2.24. The van der Waals surface area contributed by atoms with E-state index in [-0.39, 0.29) is 0 Å². The molecule has 17 heavy (non-hydrogen) atoms. The zero-order valence-electron chi connectivity index (χ0n) is 10.2. The summed E-state index contributed by atoms with van der Waals surface area (Å²) in [5, 5.41) is 14.7. The van der Waals surface area contributed by atoms with Gasteiger partial charge in [0.2, 0.25) is 0 Å². The van der Waals surface area contributed by atoms with Crippen LogP contribution < -0.4 is 4.74 Å². The average molecular weight is 232 g/mol. The normalized spacial score (nSPS) is 14.4. The van der Waals surface area contributed by atoms with Gasteiger partial charge in [-0.1, -0.05) is 18.2 Å². The summed E-state index contributed by atoms with van der Waals surface area (Å²) in [5.41, 5.74) is 0.362. The van der Waals surface area contributed by atoms with Crippen molar-refractivity contribution in [3.8, 4) is 5.75 Å². The number of rotatable bonds is 3. The molecule has 0 bridgehead atoms. The number of aliphatic hydroxyl groups is 1. The maximum Gasteiger partial charge on any atom is 0.125 e. The molecular formula is C13H16N2O2. The Balaban J connectivity index is 2.50. The Morgan fingerprint density at radius 2 is 2.06 bits per heavy atom. The molecule has 90 valence electrons. The quantitative estimate of drug-likeness (QED) is 0.876. The molecule has 0 aliphatic rings. The van der Waals surface area contributed by atoms with Crippen molar-refractivity contribution in [3.63, 3.8) is 0 Å². The largest absolute Gasteiger partial charge is 0.496 e. The van der Waals surface area contributed by atoms with Crippen LogP contribution >= 0.6 is 0 Å². The fourth-order valence-corrected chi connectivity index (χ4v) is 1.87. The summed E-state index contributed by atoms with van der Waals surface area (Å²) in [4.78, 5) is 0. The fourth-order valence-electron chi connectivity index (χ4n) is 1.87. The lowest BCUT2D eigenvalue weighted by Crippen LogP contribution is -2.23. The van der Waals surface area contributed by atoms with Crippen LogP contribution in [0.2, 0.25) is 0 Å². The third-order valence-electron chi connectivity index (χ3n) is 2.90. The monoisotopic (exact) mass is 232 g/mol. The van der Waals surface area contributed by atoms with Gasteiger partial charge in [-0.2, -0.15) is 5.10 Å². The van der Waals surface area contributed by atoms with Gasteiger partial charge >= 0.3 is 0 Å². The van der Waals surface area contributed by atoms with Crippen LogP contribution in [0.15, 0.2) is 36.7 Å². The molecule has 0 radical (unpaired) electrons. The molecule has 0 aliphatic heterocycles. The highest BCUT2D eigenvalue weighted by Crippen LogP contribution is 2.34. The number of benzene rings is 1. The number of nitrogens with zero attached hydrogens (tertiary/aromatic N) is 2. The van der Waals surface area contributed by atoms with Crippen LogP contribution in [0.5, 0.6) is 5.75 Å². The number of para-hydroxylation sites is 1. The Hall–Kier alpha value is -1.81. The first-order valence-corrected chi connectivity index (χ1v) is 5.40. The number of hydrogen-bond acceptors (Lipinski definition) is 3. The zero-order chi connectivity index (χ0) is 12.5. The number of hydrogen-bond donors (Lipinski definition) is 1. The fraction of sp³-hybridized carbons (Fsp3) is 0.308. The molecule has 4 heteroatoms. The van der Waals surface area contributed by atoms with Gasteiger partial charge in [-0.05, 0) is 13.0 Å². The van der Waals surface area contributed by atoms with E-state index >= 15 is 0 Å². The van der Waals surface area contributed by atoms with Crippen LogP contribution in [-0.4, -0.2) is 22.0 Å². The first kappa shape index (κ1) is 11.7. The Kier molecular flexibility index (Phi) is 2.90. The zero-order valence-corrected chi connectivity index (χ0v) is 10.2. The van der Waals surface area contributed by atoms with Crippen molar-refractivity contribution in [3.05, 3.63) is 47.8 Å². The maximum absolute atomic E-state index is 10.6. The van der Waals surface area contributed by atoms with Crippen LogP contribution in [0, 0.1) is 0 Å². The molecule has 1 aromatic carbocycles. The van der Waals surface area contributed by atoms with E-state index in [9.17, 15) is 5.11 Å². The van der Waals surface area contributed by atoms with Crippen LogP contribution in [0.25, 0.3) is 0 Å². The second-order valence-corrected chi connectivity index (χ2v) is 4.18. The van der Waals surface area contributed by atoms with Gasteiger partial charge in [0, 0.05) is 24.4 Å². The molecule has 0 saturated heterocycles. The topological polar surface area (TPSA) is 47.3 Å². The lowest BCUT2D eigenvalue weighted by molar-refractivity contribution is 0.0989. The minimum absolute atomic E-state index is 0.668. The third-order valence-corrected chi connectivity index (χ3v) is 2.90. The minimum Gasteiger partial charge on any atom is -0.496 e. The minimum atomic E-state index is -1.11. The summed E-state index contributed by atoms with van der Waals surface area (Å²) in [6.07, 6.45) is 3.46. The van der Waals surface area contributed by atoms with E-state index in [0.717, 1.165) is 11.1 Å². The summed E-state index contributed by atoms with van der Waals surface area (Å²) in [7, 11) is 3.42. The van der Waals surface area contributed by atoms with Crippen molar-refractivity contribution in [2.24, 2.45) is 7.05 Å². The predicted octanol–water partition coefficient (Wildman–Crippen LogP) is 1.68. The lowest BCUT2D eigenvalue weighted by atomic mass is 9.90. The first-order valence-electron chi connectivity index (χ1n) is 5.40. The van der Waals surface area contributed by atoms with Gasteiger partial charge in [0.15, 0.2) is 0 Å². The number of aryl methyl sites for hydroxylation is 1. The summed E-state index contributed by atoms with van der Waals surface area (Å²) >= 11 is 0. The number of ether oxygens (including phenoxy) is 1. The third kappa shape index (κ3) is 2.03. The molecule has 1 unspecified atom stereocenters. The second kappa shape index (κ2) is 4.22. The van der Waals surface area contributed by atoms with E-state index in [4.69, 9.17) is 4.74 Å². The molecule has 1 atom stereocenters. The van der Waals surface area contributed by atoms with Crippen molar-refractivity contribution < 1.29 is 9.84 Å². The van der Waals surface area contributed by atoms with Gasteiger partial charge in [-0.25, -0.2) is 0 Å². The molecule has 0 saturated carbocycles. The molecule has 2 rings (SSSR count). The Bertz CT molecular complexity index is 518. The highest BCUT2D eigenvalue weighted by atomic mass is 16.5. The highest BCUT2D eigenvalue weighted by molar-refractivity contribution is 5.42. The van der Waals surface area contributed by atoms with Gasteiger partial charge in [0.05, 0.1) is 13.3 Å². The summed E-state index contributed by atoms with van der Waals surface area (Å²) < 4.78 is 6.94. The predicted molar refractivity (Wildman–Crippen MR) is 64.9 cm³/mol. The summed E-state index contributed by atoms with van der Waals surface area (Å²) in [6.45, 7) is 1.74. The molecule has 0 spiro atoms. The van der Waals surface area contributed by atoms with E-state index in [1.807, 2.05) is 31.3 Å². The molecular weight excluding hydrogens is 216 g/mol. The van der Waals surface area contributed by atoms with Gasteiger partial charge in [0.25, 0.3) is 0 Å². The van der Waals surface area contributed by atoms with Crippen LogP contribution in [0.3, 0.4) is 0 Å². The van der Waals surface area contributed by atoms with Crippen LogP contribution in [0.4, 0.5) is 0 Å². The van der Waals surface area contributed by atoms with Gasteiger partial charge < -0.3 is 9.84 Å². The Morgan fingerprint density at radius 3 is 2.65 bits per heavy atom. The molecule has 1 N–H and O–H groups in total. The van der Waals surface area contributed by atoms with Crippen molar-refractivity contribution in [2.75, 3.05) is 7.11 Å². The molecule has 0 aliphatic carbocycles. The second-order valence-electron chi connectivity index (χ2n) is 4.18. The van der Waals surface area contributed by atoms with Crippen molar-refractivity contribution in [1.82, 2.24) is 9.78 Å². The molecule has 0 amide bonds. The summed E-state index contributed by atoms with van der Waals surface area (Å²) in [5.74, 6) is 0.668. The van der Waals surface area contributed by atoms with Gasteiger partial charge in [-0.3, -0.25) is 4.68 Å². The van der Waals surface area contributed by atoms with Crippen molar-refractivity contribution in [1.29, 1.82) is 0 Å². The standard InChI is InChI=1S/C13H16N2O2/c1-13(16,10-8-14-15(2)9-10)11-6-4-5-7-12(11)17-3/h4-9,16H,1-3H3. The van der Waals surface area contributed by atoms with E-state index in [1.165, 1.54) is 0 Å². The Labute approximate surface area is 100 Å². The smallest absolute Gasteiger partial charge is 0.125 e. The summed E-state index contributed by atoms with van der Waals surface area (Å²) in [6, 6.07) is 7.44. The van der Waals surface area contributed by atoms with Crippen LogP contribution in [-0.2, 0) is 12.6 Å². The maximum atomic E-state index is 10.6. The Morgan fingerprint density at radius 1 is 1.35 bits per heavy atom. The van der Waals surface area contributed by atoms with E-state index in [2.05, 4.69) is 5.10 Å². The van der Waals surface area contributed by atoms with Crippen LogP contribution in [0.1, 0.15) is 18.1 Å². The van der Waals surface area contributed by atoms with E-state index in [1.54, 1.807) is 31.1 Å². The number of methoxy groups -OCH3 is 1. The van der Waals surface area contributed by atoms with Crippen molar-refractivity contribution in [2.45, 2.75) is 12.5 Å².